The standard InChI is InChI=1S/C20H28NO3/c1-16(22)11-7-5-3-2-4-6-10-14-21-19(23)15-17-12-8-9-13-18(17)20(21)24/h8-9,12-13,16H,2-7,10-11,14-15H2,1H3/q-1. The Kier molecular flexibility index (Phi) is 7.44. The summed E-state index contributed by atoms with van der Waals surface area (Å²) in [5.74, 6) is -0.223. The number of unbranched alkanes of at least 4 members (excludes halogenated alkanes) is 6. The molecule has 132 valence electrons. The van der Waals surface area contributed by atoms with Gasteiger partial charge in [-0.3, -0.25) is 14.5 Å². The molecule has 1 heterocycles. The van der Waals surface area contributed by atoms with Crippen molar-refractivity contribution < 1.29 is 14.7 Å². The van der Waals surface area contributed by atoms with E-state index >= 15 is 0 Å². The van der Waals surface area contributed by atoms with Crippen molar-refractivity contribution in [1.82, 2.24) is 4.90 Å². The molecular formula is C20H28NO3-. The number of amides is 2. The Morgan fingerprint density at radius 3 is 2.33 bits per heavy atom. The third-order valence-electron chi connectivity index (χ3n) is 4.63. The molecule has 1 atom stereocenters. The van der Waals surface area contributed by atoms with Crippen LogP contribution in [0.5, 0.6) is 0 Å². The van der Waals surface area contributed by atoms with Gasteiger partial charge in [0.15, 0.2) is 0 Å². The van der Waals surface area contributed by atoms with Crippen LogP contribution < -0.4 is 5.11 Å². The topological polar surface area (TPSA) is 60.4 Å². The quantitative estimate of drug-likeness (QED) is 0.489. The lowest BCUT2D eigenvalue weighted by atomic mass is 9.98. The summed E-state index contributed by atoms with van der Waals surface area (Å²) in [7, 11) is 0. The second-order valence-corrected chi connectivity index (χ2v) is 6.76. The highest BCUT2D eigenvalue weighted by Gasteiger charge is 2.29. The lowest BCUT2D eigenvalue weighted by molar-refractivity contribution is -0.415. The molecule has 0 saturated heterocycles. The van der Waals surface area contributed by atoms with Gasteiger partial charge in [-0.15, -0.1) is 6.10 Å². The number of rotatable bonds is 10. The van der Waals surface area contributed by atoms with E-state index in [2.05, 4.69) is 0 Å². The van der Waals surface area contributed by atoms with Crippen molar-refractivity contribution in [1.29, 1.82) is 0 Å². The summed E-state index contributed by atoms with van der Waals surface area (Å²) in [4.78, 5) is 26.0. The average molecular weight is 330 g/mol. The molecule has 2 amide bonds. The highest BCUT2D eigenvalue weighted by molar-refractivity contribution is 6.09. The van der Waals surface area contributed by atoms with Gasteiger partial charge < -0.3 is 5.11 Å². The van der Waals surface area contributed by atoms with Crippen LogP contribution in [0.3, 0.4) is 0 Å². The van der Waals surface area contributed by atoms with Crippen LogP contribution >= 0.6 is 0 Å². The number of carbonyl (C=O) groups is 2. The molecule has 0 aromatic heterocycles. The summed E-state index contributed by atoms with van der Waals surface area (Å²) < 4.78 is 0. The molecule has 0 aliphatic carbocycles. The minimum Gasteiger partial charge on any atom is -0.852 e. The summed E-state index contributed by atoms with van der Waals surface area (Å²) in [6.07, 6.45) is 8.20. The van der Waals surface area contributed by atoms with Crippen molar-refractivity contribution in [2.45, 2.75) is 70.8 Å². The van der Waals surface area contributed by atoms with E-state index in [9.17, 15) is 14.7 Å². The number of carbonyl (C=O) groups excluding carboxylic acids is 2. The van der Waals surface area contributed by atoms with Gasteiger partial charge in [-0.2, -0.15) is 0 Å². The third-order valence-corrected chi connectivity index (χ3v) is 4.63. The maximum absolute atomic E-state index is 12.4. The van der Waals surface area contributed by atoms with Crippen LogP contribution in [0.25, 0.3) is 0 Å². The number of benzene rings is 1. The molecule has 24 heavy (non-hydrogen) atoms. The van der Waals surface area contributed by atoms with Gasteiger partial charge in [0, 0.05) is 12.1 Å². The Morgan fingerprint density at radius 1 is 1.00 bits per heavy atom. The zero-order valence-electron chi connectivity index (χ0n) is 14.6. The second kappa shape index (κ2) is 9.58. The number of nitrogens with zero attached hydrogens (tertiary/aromatic N) is 1. The van der Waals surface area contributed by atoms with E-state index in [0.29, 0.717) is 18.5 Å². The normalized spacial score (nSPS) is 15.5. The maximum Gasteiger partial charge on any atom is 0.260 e. The summed E-state index contributed by atoms with van der Waals surface area (Å²) in [5.41, 5.74) is 1.51. The fraction of sp³-hybridized carbons (Fsp3) is 0.600. The van der Waals surface area contributed by atoms with Crippen LogP contribution in [-0.2, 0) is 11.2 Å². The fourth-order valence-electron chi connectivity index (χ4n) is 3.21. The predicted molar refractivity (Wildman–Crippen MR) is 92.6 cm³/mol. The molecule has 0 N–H and O–H groups in total. The minimum absolute atomic E-state index is 0.0783. The number of fused-ring (bicyclic) bond motifs is 1. The molecule has 0 bridgehead atoms. The van der Waals surface area contributed by atoms with Crippen molar-refractivity contribution in [3.05, 3.63) is 35.4 Å². The third kappa shape index (κ3) is 5.45. The van der Waals surface area contributed by atoms with E-state index in [-0.39, 0.29) is 11.8 Å². The molecule has 4 nitrogen and oxygen atoms in total. The van der Waals surface area contributed by atoms with Gasteiger partial charge in [0.25, 0.3) is 5.91 Å². The zero-order chi connectivity index (χ0) is 17.4. The Hall–Kier alpha value is -1.68. The molecule has 1 aliphatic heterocycles. The maximum atomic E-state index is 12.4. The first kappa shape index (κ1) is 18.7. The van der Waals surface area contributed by atoms with Crippen LogP contribution in [0.2, 0.25) is 0 Å². The van der Waals surface area contributed by atoms with Crippen molar-refractivity contribution in [3.8, 4) is 0 Å². The Labute approximate surface area is 144 Å². The van der Waals surface area contributed by atoms with Gasteiger partial charge in [-0.1, -0.05) is 70.1 Å². The van der Waals surface area contributed by atoms with E-state index < -0.39 is 6.10 Å². The first-order chi connectivity index (χ1) is 11.6. The van der Waals surface area contributed by atoms with Gasteiger partial charge in [-0.25, -0.2) is 0 Å². The summed E-state index contributed by atoms with van der Waals surface area (Å²) in [5, 5.41) is 10.9. The zero-order valence-corrected chi connectivity index (χ0v) is 14.6. The SMILES string of the molecule is CC([O-])CCCCCCCCCN1C(=O)Cc2ccccc2C1=O. The van der Waals surface area contributed by atoms with Gasteiger partial charge in [-0.05, 0) is 18.1 Å². The first-order valence-corrected chi connectivity index (χ1v) is 9.18. The molecule has 0 fully saturated rings. The fourth-order valence-corrected chi connectivity index (χ4v) is 3.21. The molecule has 1 aromatic rings. The van der Waals surface area contributed by atoms with Crippen LogP contribution in [0.15, 0.2) is 24.3 Å². The Morgan fingerprint density at radius 2 is 1.62 bits per heavy atom. The van der Waals surface area contributed by atoms with Gasteiger partial charge in [0.2, 0.25) is 5.91 Å². The molecule has 0 spiro atoms. The lowest BCUT2D eigenvalue weighted by Crippen LogP contribution is -2.42. The number of hydrogen-bond acceptors (Lipinski definition) is 3. The molecule has 1 aliphatic rings. The number of hydrogen-bond donors (Lipinski definition) is 0. The van der Waals surface area contributed by atoms with Crippen LogP contribution in [0, 0.1) is 0 Å². The number of imide groups is 1. The van der Waals surface area contributed by atoms with Crippen LogP contribution in [0.4, 0.5) is 0 Å². The van der Waals surface area contributed by atoms with E-state index in [1.54, 1.807) is 13.0 Å². The van der Waals surface area contributed by atoms with Crippen molar-refractivity contribution >= 4 is 11.8 Å². The smallest absolute Gasteiger partial charge is 0.260 e. The lowest BCUT2D eigenvalue weighted by Gasteiger charge is -2.26. The summed E-state index contributed by atoms with van der Waals surface area (Å²) >= 11 is 0. The predicted octanol–water partition coefficient (Wildman–Crippen LogP) is 3.08. The molecule has 1 aromatic carbocycles. The Bertz CT molecular complexity index is 554. The molecule has 4 heteroatoms. The molecule has 1 unspecified atom stereocenters. The van der Waals surface area contributed by atoms with E-state index in [1.807, 2.05) is 18.2 Å². The highest BCUT2D eigenvalue weighted by Crippen LogP contribution is 2.20. The van der Waals surface area contributed by atoms with Gasteiger partial charge in [0.05, 0.1) is 6.42 Å². The molecular weight excluding hydrogens is 302 g/mol. The largest absolute Gasteiger partial charge is 0.852 e. The highest BCUT2D eigenvalue weighted by atomic mass is 16.3. The van der Waals surface area contributed by atoms with Gasteiger partial charge in [0.1, 0.15) is 0 Å². The van der Waals surface area contributed by atoms with Gasteiger partial charge >= 0.3 is 0 Å². The second-order valence-electron chi connectivity index (χ2n) is 6.76. The molecule has 2 rings (SSSR count). The monoisotopic (exact) mass is 330 g/mol. The van der Waals surface area contributed by atoms with E-state index in [1.165, 1.54) is 11.3 Å². The van der Waals surface area contributed by atoms with Crippen LogP contribution in [0.1, 0.15) is 74.2 Å². The molecule has 0 radical (unpaired) electrons. The first-order valence-electron chi connectivity index (χ1n) is 9.18. The van der Waals surface area contributed by atoms with Crippen molar-refractivity contribution in [2.75, 3.05) is 6.54 Å². The molecule has 0 saturated carbocycles. The minimum atomic E-state index is -0.435. The van der Waals surface area contributed by atoms with Crippen molar-refractivity contribution in [3.63, 3.8) is 0 Å². The van der Waals surface area contributed by atoms with E-state index in [4.69, 9.17) is 0 Å². The van der Waals surface area contributed by atoms with Crippen LogP contribution in [-0.4, -0.2) is 29.4 Å². The van der Waals surface area contributed by atoms with Crippen molar-refractivity contribution in [2.24, 2.45) is 0 Å². The Balaban J connectivity index is 1.63. The summed E-state index contributed by atoms with van der Waals surface area (Å²) in [6.45, 7) is 2.25. The average Bonchev–Trinajstić information content (AvgIpc) is 2.55. The van der Waals surface area contributed by atoms with E-state index in [0.717, 1.165) is 50.5 Å². The summed E-state index contributed by atoms with van der Waals surface area (Å²) in [6, 6.07) is 7.38.